The lowest BCUT2D eigenvalue weighted by Gasteiger charge is -2.28. The quantitative estimate of drug-likeness (QED) is 0.524. The molecular formula is C25H28O4. The maximum Gasteiger partial charge on any atom is 0.305 e. The lowest BCUT2D eigenvalue weighted by atomic mass is 9.76. The minimum Gasteiger partial charge on any atom is -0.469 e. The van der Waals surface area contributed by atoms with E-state index in [0.29, 0.717) is 28.7 Å². The molecule has 0 fully saturated rings. The number of benzene rings is 2. The van der Waals surface area contributed by atoms with E-state index < -0.39 is 0 Å². The predicted octanol–water partition coefficient (Wildman–Crippen LogP) is 5.11. The fourth-order valence-electron chi connectivity index (χ4n) is 4.03. The molecule has 0 saturated carbocycles. The van der Waals surface area contributed by atoms with Crippen LogP contribution in [0.1, 0.15) is 83.9 Å². The third-order valence-electron chi connectivity index (χ3n) is 5.95. The fraction of sp³-hybridized carbons (Fsp3) is 0.400. The molecule has 4 nitrogen and oxygen atoms in total. The van der Waals surface area contributed by atoms with Gasteiger partial charge >= 0.3 is 5.97 Å². The highest BCUT2D eigenvalue weighted by Gasteiger charge is 2.31. The lowest BCUT2D eigenvalue weighted by Crippen LogP contribution is -2.23. The number of carbonyl (C=O) groups is 3. The van der Waals surface area contributed by atoms with Crippen molar-refractivity contribution >= 4 is 17.5 Å². The standard InChI is InChI=1S/C25H28O4/c1-16(14-22(26)29-4)8-7-13-25(2,3)17-11-12-20-21(15-17)24(28)19-10-6-5-9-18(19)23(20)27/h5-6,9-12,15-16H,7-8,13-14H2,1-4H3. The third-order valence-corrected chi connectivity index (χ3v) is 5.95. The zero-order chi connectivity index (χ0) is 21.2. The van der Waals surface area contributed by atoms with Crippen LogP contribution < -0.4 is 0 Å². The van der Waals surface area contributed by atoms with Crippen molar-refractivity contribution in [2.45, 2.75) is 51.9 Å². The average Bonchev–Trinajstić information content (AvgIpc) is 2.71. The van der Waals surface area contributed by atoms with E-state index in [1.807, 2.05) is 12.1 Å². The molecule has 2 aromatic rings. The number of methoxy groups -OCH3 is 1. The first-order valence-corrected chi connectivity index (χ1v) is 10.1. The number of hydrogen-bond acceptors (Lipinski definition) is 4. The first kappa shape index (κ1) is 21.0. The van der Waals surface area contributed by atoms with Crippen LogP contribution in [-0.2, 0) is 14.9 Å². The Morgan fingerprint density at radius 3 is 2.17 bits per heavy atom. The van der Waals surface area contributed by atoms with Gasteiger partial charge in [-0.15, -0.1) is 0 Å². The smallest absolute Gasteiger partial charge is 0.305 e. The van der Waals surface area contributed by atoms with Crippen molar-refractivity contribution in [2.24, 2.45) is 5.92 Å². The second kappa shape index (κ2) is 8.32. The van der Waals surface area contributed by atoms with E-state index in [-0.39, 0.29) is 28.9 Å². The Labute approximate surface area is 172 Å². The van der Waals surface area contributed by atoms with Gasteiger partial charge in [0.15, 0.2) is 11.6 Å². The Morgan fingerprint density at radius 1 is 0.966 bits per heavy atom. The molecule has 0 aromatic heterocycles. The number of ether oxygens (including phenoxy) is 1. The van der Waals surface area contributed by atoms with Gasteiger partial charge in [0.05, 0.1) is 7.11 Å². The first-order valence-electron chi connectivity index (χ1n) is 10.1. The van der Waals surface area contributed by atoms with Gasteiger partial charge in [0.2, 0.25) is 0 Å². The molecule has 2 aromatic carbocycles. The molecule has 1 aliphatic carbocycles. The van der Waals surface area contributed by atoms with Gasteiger partial charge in [-0.05, 0) is 35.4 Å². The van der Waals surface area contributed by atoms with Crippen LogP contribution in [0.4, 0.5) is 0 Å². The molecule has 1 aliphatic rings. The number of rotatable bonds is 7. The molecule has 0 spiro atoms. The van der Waals surface area contributed by atoms with Crippen molar-refractivity contribution in [3.05, 3.63) is 70.3 Å². The Balaban J connectivity index is 1.76. The molecule has 1 atom stereocenters. The van der Waals surface area contributed by atoms with Crippen LogP contribution in [0, 0.1) is 5.92 Å². The maximum atomic E-state index is 13.0. The van der Waals surface area contributed by atoms with Gasteiger partial charge in [0.25, 0.3) is 0 Å². The number of hydrogen-bond donors (Lipinski definition) is 0. The normalized spacial score (nSPS) is 14.2. The summed E-state index contributed by atoms with van der Waals surface area (Å²) >= 11 is 0. The summed E-state index contributed by atoms with van der Waals surface area (Å²) in [5.41, 5.74) is 2.87. The molecule has 0 radical (unpaired) electrons. The van der Waals surface area contributed by atoms with Crippen molar-refractivity contribution in [1.82, 2.24) is 0 Å². The third kappa shape index (κ3) is 4.31. The number of esters is 1. The van der Waals surface area contributed by atoms with Crippen molar-refractivity contribution < 1.29 is 19.1 Å². The highest BCUT2D eigenvalue weighted by molar-refractivity contribution is 6.28. The van der Waals surface area contributed by atoms with E-state index in [0.717, 1.165) is 24.8 Å². The van der Waals surface area contributed by atoms with Crippen LogP contribution in [0.3, 0.4) is 0 Å². The summed E-state index contributed by atoms with van der Waals surface area (Å²) in [4.78, 5) is 37.2. The van der Waals surface area contributed by atoms with E-state index in [9.17, 15) is 14.4 Å². The molecule has 0 saturated heterocycles. The van der Waals surface area contributed by atoms with Crippen LogP contribution in [0.5, 0.6) is 0 Å². The van der Waals surface area contributed by atoms with E-state index in [1.165, 1.54) is 7.11 Å². The van der Waals surface area contributed by atoms with Gasteiger partial charge in [-0.25, -0.2) is 0 Å². The number of ketones is 2. The second-order valence-corrected chi connectivity index (χ2v) is 8.63. The highest BCUT2D eigenvalue weighted by Crippen LogP contribution is 2.34. The van der Waals surface area contributed by atoms with Crippen molar-refractivity contribution in [3.63, 3.8) is 0 Å². The van der Waals surface area contributed by atoms with E-state index in [2.05, 4.69) is 20.8 Å². The molecule has 1 unspecified atom stereocenters. The summed E-state index contributed by atoms with van der Waals surface area (Å²) in [5.74, 6) is -0.0665. The van der Waals surface area contributed by atoms with Gasteiger partial charge in [-0.1, -0.05) is 63.9 Å². The van der Waals surface area contributed by atoms with Gasteiger partial charge < -0.3 is 4.74 Å². The molecule has 4 heteroatoms. The minimum absolute atomic E-state index is 0.0837. The Hall–Kier alpha value is -2.75. The molecule has 0 N–H and O–H groups in total. The van der Waals surface area contributed by atoms with E-state index in [1.54, 1.807) is 30.3 Å². The largest absolute Gasteiger partial charge is 0.469 e. The Morgan fingerprint density at radius 2 is 1.55 bits per heavy atom. The molecule has 0 aliphatic heterocycles. The predicted molar refractivity (Wildman–Crippen MR) is 112 cm³/mol. The van der Waals surface area contributed by atoms with Crippen molar-refractivity contribution in [3.8, 4) is 0 Å². The molecule has 29 heavy (non-hydrogen) atoms. The number of carbonyl (C=O) groups excluding carboxylic acids is 3. The molecular weight excluding hydrogens is 364 g/mol. The van der Waals surface area contributed by atoms with Crippen LogP contribution in [-0.4, -0.2) is 24.6 Å². The van der Waals surface area contributed by atoms with Gasteiger partial charge in [-0.3, -0.25) is 14.4 Å². The van der Waals surface area contributed by atoms with Crippen LogP contribution >= 0.6 is 0 Å². The summed E-state index contributed by atoms with van der Waals surface area (Å²) in [6.45, 7) is 6.37. The zero-order valence-corrected chi connectivity index (χ0v) is 17.6. The second-order valence-electron chi connectivity index (χ2n) is 8.63. The summed E-state index contributed by atoms with van der Waals surface area (Å²) < 4.78 is 4.74. The van der Waals surface area contributed by atoms with Crippen molar-refractivity contribution in [1.29, 1.82) is 0 Å². The Bertz CT molecular complexity index is 955. The highest BCUT2D eigenvalue weighted by atomic mass is 16.5. The van der Waals surface area contributed by atoms with Crippen LogP contribution in [0.15, 0.2) is 42.5 Å². The lowest BCUT2D eigenvalue weighted by molar-refractivity contribution is -0.141. The number of fused-ring (bicyclic) bond motifs is 2. The molecule has 3 rings (SSSR count). The molecule has 152 valence electrons. The first-order chi connectivity index (χ1) is 13.7. The molecule has 0 heterocycles. The topological polar surface area (TPSA) is 60.4 Å². The van der Waals surface area contributed by atoms with E-state index >= 15 is 0 Å². The van der Waals surface area contributed by atoms with Gasteiger partial charge in [-0.2, -0.15) is 0 Å². The average molecular weight is 392 g/mol. The molecule has 0 bridgehead atoms. The Kier molecular flexibility index (Phi) is 6.02. The minimum atomic E-state index is -0.171. The maximum absolute atomic E-state index is 13.0. The van der Waals surface area contributed by atoms with Crippen molar-refractivity contribution in [2.75, 3.05) is 7.11 Å². The summed E-state index contributed by atoms with van der Waals surface area (Å²) in [6.07, 6.45) is 3.27. The fourth-order valence-corrected chi connectivity index (χ4v) is 4.03. The SMILES string of the molecule is COC(=O)CC(C)CCCC(C)(C)c1ccc2c(c1)C(=O)c1ccccc1C2=O. The monoisotopic (exact) mass is 392 g/mol. The molecule has 0 amide bonds. The van der Waals surface area contributed by atoms with E-state index in [4.69, 9.17) is 4.74 Å². The van der Waals surface area contributed by atoms with Gasteiger partial charge in [0.1, 0.15) is 0 Å². The summed E-state index contributed by atoms with van der Waals surface area (Å²) in [5, 5.41) is 0. The van der Waals surface area contributed by atoms with Crippen LogP contribution in [0.25, 0.3) is 0 Å². The van der Waals surface area contributed by atoms with Crippen LogP contribution in [0.2, 0.25) is 0 Å². The zero-order valence-electron chi connectivity index (χ0n) is 17.6. The summed E-state index contributed by atoms with van der Waals surface area (Å²) in [7, 11) is 1.42. The summed E-state index contributed by atoms with van der Waals surface area (Å²) in [6, 6.07) is 12.7. The van der Waals surface area contributed by atoms with Gasteiger partial charge in [0, 0.05) is 28.7 Å².